The lowest BCUT2D eigenvalue weighted by atomic mass is 10.1. The average molecular weight is 207 g/mol. The van der Waals surface area contributed by atoms with Gasteiger partial charge in [0.05, 0.1) is 11.9 Å². The molecular weight excluding hydrogens is 199 g/mol. The molecule has 1 aromatic rings. The molecule has 0 bridgehead atoms. The van der Waals surface area contributed by atoms with Crippen LogP contribution in [0.25, 0.3) is 0 Å². The molecular formula is C6H8BrFN2. The Morgan fingerprint density at radius 3 is 2.50 bits per heavy atom. The molecule has 1 N–H and O–H groups in total. The van der Waals surface area contributed by atoms with Crippen molar-refractivity contribution in [2.24, 2.45) is 0 Å². The van der Waals surface area contributed by atoms with Crippen LogP contribution in [0.1, 0.15) is 19.5 Å². The van der Waals surface area contributed by atoms with Crippen molar-refractivity contribution in [3.8, 4) is 0 Å². The summed E-state index contributed by atoms with van der Waals surface area (Å²) in [6, 6.07) is 0. The van der Waals surface area contributed by atoms with E-state index in [-0.39, 0.29) is 0 Å². The van der Waals surface area contributed by atoms with Crippen molar-refractivity contribution < 1.29 is 4.39 Å². The highest BCUT2D eigenvalue weighted by Gasteiger charge is 2.20. The fraction of sp³-hybridized carbons (Fsp3) is 0.500. The van der Waals surface area contributed by atoms with Gasteiger partial charge >= 0.3 is 0 Å². The molecule has 2 nitrogen and oxygen atoms in total. The van der Waals surface area contributed by atoms with Crippen molar-refractivity contribution >= 4 is 15.9 Å². The van der Waals surface area contributed by atoms with Crippen LogP contribution < -0.4 is 0 Å². The van der Waals surface area contributed by atoms with Crippen LogP contribution in [0, 0.1) is 0 Å². The van der Waals surface area contributed by atoms with Gasteiger partial charge in [0, 0.05) is 0 Å². The summed E-state index contributed by atoms with van der Waals surface area (Å²) < 4.78 is 13.6. The topological polar surface area (TPSA) is 28.7 Å². The minimum Gasteiger partial charge on any atom is -0.334 e. The van der Waals surface area contributed by atoms with Gasteiger partial charge in [0.1, 0.15) is 5.67 Å². The minimum absolute atomic E-state index is 0.486. The molecule has 56 valence electrons. The Bertz CT molecular complexity index is 226. The van der Waals surface area contributed by atoms with Crippen molar-refractivity contribution in [3.63, 3.8) is 0 Å². The van der Waals surface area contributed by atoms with Crippen molar-refractivity contribution in [3.05, 3.63) is 16.6 Å². The molecule has 0 unspecified atom stereocenters. The number of H-pyrrole nitrogens is 1. The molecule has 0 fully saturated rings. The molecule has 0 atom stereocenters. The lowest BCUT2D eigenvalue weighted by Gasteiger charge is -2.09. The zero-order valence-corrected chi connectivity index (χ0v) is 7.37. The van der Waals surface area contributed by atoms with Gasteiger partial charge in [-0.2, -0.15) is 0 Å². The lowest BCUT2D eigenvalue weighted by molar-refractivity contribution is 0.215. The van der Waals surface area contributed by atoms with E-state index < -0.39 is 5.67 Å². The average Bonchev–Trinajstić information content (AvgIpc) is 2.11. The van der Waals surface area contributed by atoms with E-state index in [1.165, 1.54) is 20.0 Å². The highest BCUT2D eigenvalue weighted by Crippen LogP contribution is 2.23. The van der Waals surface area contributed by atoms with Gasteiger partial charge in [-0.3, -0.25) is 0 Å². The third-order valence-electron chi connectivity index (χ3n) is 1.19. The molecule has 0 saturated carbocycles. The second-order valence-corrected chi connectivity index (χ2v) is 3.31. The van der Waals surface area contributed by atoms with Crippen LogP contribution in [0.15, 0.2) is 10.9 Å². The number of aromatic amines is 1. The Balaban J connectivity index is 2.96. The first-order valence-corrected chi connectivity index (χ1v) is 3.69. The number of imidazole rings is 1. The van der Waals surface area contributed by atoms with Gasteiger partial charge in [0.15, 0.2) is 4.73 Å². The monoisotopic (exact) mass is 206 g/mol. The lowest BCUT2D eigenvalue weighted by Crippen LogP contribution is -2.08. The molecule has 10 heavy (non-hydrogen) atoms. The molecule has 0 aliphatic heterocycles. The first-order chi connectivity index (χ1) is 4.50. The summed E-state index contributed by atoms with van der Waals surface area (Å²) in [4.78, 5) is 6.55. The summed E-state index contributed by atoms with van der Waals surface area (Å²) in [7, 11) is 0. The molecule has 4 heteroatoms. The van der Waals surface area contributed by atoms with E-state index in [1.54, 1.807) is 0 Å². The first-order valence-electron chi connectivity index (χ1n) is 2.90. The summed E-state index contributed by atoms with van der Waals surface area (Å²) in [5, 5.41) is 0. The summed E-state index contributed by atoms with van der Waals surface area (Å²) >= 11 is 3.09. The molecule has 0 aliphatic rings. The number of nitrogens with zero attached hydrogens (tertiary/aromatic N) is 1. The maximum Gasteiger partial charge on any atom is 0.174 e. The van der Waals surface area contributed by atoms with Gasteiger partial charge < -0.3 is 4.98 Å². The van der Waals surface area contributed by atoms with E-state index in [9.17, 15) is 4.39 Å². The largest absolute Gasteiger partial charge is 0.334 e. The van der Waals surface area contributed by atoms with E-state index in [1.807, 2.05) is 0 Å². The highest BCUT2D eigenvalue weighted by molar-refractivity contribution is 9.10. The van der Waals surface area contributed by atoms with Gasteiger partial charge in [-0.1, -0.05) is 0 Å². The second kappa shape index (κ2) is 2.34. The molecule has 1 rings (SSSR count). The number of alkyl halides is 1. The second-order valence-electron chi connectivity index (χ2n) is 2.56. The van der Waals surface area contributed by atoms with E-state index in [0.717, 1.165) is 0 Å². The Labute approximate surface area is 67.0 Å². The third-order valence-corrected chi connectivity index (χ3v) is 1.59. The molecule has 0 spiro atoms. The quantitative estimate of drug-likeness (QED) is 0.752. The van der Waals surface area contributed by atoms with Gasteiger partial charge in [-0.15, -0.1) is 0 Å². The number of rotatable bonds is 1. The molecule has 0 radical (unpaired) electrons. The number of hydrogen-bond donors (Lipinski definition) is 1. The van der Waals surface area contributed by atoms with Gasteiger partial charge in [0.2, 0.25) is 0 Å². The molecule has 0 amide bonds. The standard InChI is InChI=1S/C6H8BrFN2/c1-6(2,8)4-3-9-5(7)10-4/h3H,1-2H3,(H,9,10). The Morgan fingerprint density at radius 2 is 2.30 bits per heavy atom. The molecule has 1 heterocycles. The van der Waals surface area contributed by atoms with E-state index >= 15 is 0 Å². The first kappa shape index (κ1) is 7.72. The zero-order valence-electron chi connectivity index (χ0n) is 5.78. The Kier molecular flexibility index (Phi) is 1.81. The van der Waals surface area contributed by atoms with Crippen LogP contribution in [-0.2, 0) is 5.67 Å². The van der Waals surface area contributed by atoms with Crippen LogP contribution in [0.2, 0.25) is 0 Å². The predicted octanol–water partition coefficient (Wildman–Crippen LogP) is 2.38. The van der Waals surface area contributed by atoms with Gasteiger partial charge in [-0.25, -0.2) is 9.37 Å². The van der Waals surface area contributed by atoms with Gasteiger partial charge in [0.25, 0.3) is 0 Å². The number of hydrogen-bond acceptors (Lipinski definition) is 1. The van der Waals surface area contributed by atoms with Gasteiger partial charge in [-0.05, 0) is 29.8 Å². The van der Waals surface area contributed by atoms with Crippen LogP contribution in [-0.4, -0.2) is 9.97 Å². The van der Waals surface area contributed by atoms with Crippen LogP contribution in [0.5, 0.6) is 0 Å². The highest BCUT2D eigenvalue weighted by atomic mass is 79.9. The van der Waals surface area contributed by atoms with Crippen molar-refractivity contribution in [1.29, 1.82) is 0 Å². The van der Waals surface area contributed by atoms with Crippen molar-refractivity contribution in [1.82, 2.24) is 9.97 Å². The van der Waals surface area contributed by atoms with Crippen molar-refractivity contribution in [2.75, 3.05) is 0 Å². The van der Waals surface area contributed by atoms with Crippen LogP contribution >= 0.6 is 15.9 Å². The van der Waals surface area contributed by atoms with Crippen molar-refractivity contribution in [2.45, 2.75) is 19.5 Å². The third kappa shape index (κ3) is 1.56. The minimum atomic E-state index is -1.33. The number of aromatic nitrogens is 2. The predicted molar refractivity (Wildman–Crippen MR) is 40.4 cm³/mol. The Hall–Kier alpha value is -0.380. The molecule has 0 aliphatic carbocycles. The number of halogens is 2. The number of nitrogens with one attached hydrogen (secondary N) is 1. The molecule has 0 saturated heterocycles. The van der Waals surface area contributed by atoms with E-state index in [2.05, 4.69) is 25.9 Å². The van der Waals surface area contributed by atoms with Crippen LogP contribution in [0.3, 0.4) is 0 Å². The molecule has 0 aromatic carbocycles. The summed E-state index contributed by atoms with van der Waals surface area (Å²) in [5.41, 5.74) is -0.849. The summed E-state index contributed by atoms with van der Waals surface area (Å²) in [5.74, 6) is 0. The maximum atomic E-state index is 13.0. The Morgan fingerprint density at radius 1 is 1.70 bits per heavy atom. The smallest absolute Gasteiger partial charge is 0.174 e. The zero-order chi connectivity index (χ0) is 7.78. The van der Waals surface area contributed by atoms with Crippen LogP contribution in [0.4, 0.5) is 4.39 Å². The normalized spacial score (nSPS) is 12.0. The van der Waals surface area contributed by atoms with E-state index in [4.69, 9.17) is 0 Å². The van der Waals surface area contributed by atoms with E-state index in [0.29, 0.717) is 10.4 Å². The fourth-order valence-electron chi connectivity index (χ4n) is 0.599. The fourth-order valence-corrected chi connectivity index (χ4v) is 0.915. The summed E-state index contributed by atoms with van der Waals surface area (Å²) in [6.45, 7) is 2.96. The summed E-state index contributed by atoms with van der Waals surface area (Å²) in [6.07, 6.45) is 1.48. The molecule has 1 aromatic heterocycles. The SMILES string of the molecule is CC(C)(F)c1cnc(Br)[nH]1. The maximum absolute atomic E-state index is 13.0.